The molecule has 0 spiro atoms. The molecule has 0 fully saturated rings. The molecule has 3 N–H and O–H groups in total. The SMILES string of the molecule is COC(=O)[C@@H](O)[C@@H](O)[C@@](O)(C(C)=O)[C@](OC(C)=O)(C(C)=O)C(=O)Br. The third-order valence-electron chi connectivity index (χ3n) is 3.31. The summed E-state index contributed by atoms with van der Waals surface area (Å²) in [6.45, 7) is 2.13. The number of ketones is 2. The van der Waals surface area contributed by atoms with Crippen molar-refractivity contribution < 1.29 is 48.8 Å². The number of aliphatic hydroxyl groups excluding tert-OH is 2. The van der Waals surface area contributed by atoms with E-state index in [4.69, 9.17) is 0 Å². The van der Waals surface area contributed by atoms with Gasteiger partial charge in [-0.15, -0.1) is 0 Å². The van der Waals surface area contributed by atoms with Gasteiger partial charge < -0.3 is 24.8 Å². The Hall–Kier alpha value is -1.69. The minimum atomic E-state index is -3.47. The second-order valence-corrected chi connectivity index (χ2v) is 5.56. The van der Waals surface area contributed by atoms with E-state index < -0.39 is 51.6 Å². The third kappa shape index (κ3) is 3.53. The van der Waals surface area contributed by atoms with E-state index in [1.165, 1.54) is 0 Å². The second-order valence-electron chi connectivity index (χ2n) is 4.84. The van der Waals surface area contributed by atoms with Gasteiger partial charge in [0.15, 0.2) is 17.7 Å². The number of aliphatic hydroxyl groups is 3. The molecule has 24 heavy (non-hydrogen) atoms. The molecule has 0 amide bonds. The van der Waals surface area contributed by atoms with Gasteiger partial charge in [0, 0.05) is 6.92 Å². The molecule has 0 radical (unpaired) electrons. The zero-order valence-corrected chi connectivity index (χ0v) is 14.8. The number of carbonyl (C=O) groups is 5. The maximum atomic E-state index is 12.0. The van der Waals surface area contributed by atoms with Crippen LogP contribution in [0.4, 0.5) is 0 Å². The Morgan fingerprint density at radius 1 is 1.00 bits per heavy atom. The summed E-state index contributed by atoms with van der Waals surface area (Å²) in [5.74, 6) is -5.49. The number of hydrogen-bond acceptors (Lipinski definition) is 10. The van der Waals surface area contributed by atoms with Gasteiger partial charge in [-0.05, 0) is 29.8 Å². The average molecular weight is 413 g/mol. The van der Waals surface area contributed by atoms with Crippen LogP contribution in [0.2, 0.25) is 0 Å². The number of halogens is 1. The zero-order valence-electron chi connectivity index (χ0n) is 13.2. The molecule has 0 heterocycles. The first-order chi connectivity index (χ1) is 10.8. The fourth-order valence-electron chi connectivity index (χ4n) is 2.10. The van der Waals surface area contributed by atoms with E-state index in [0.717, 1.165) is 14.0 Å². The molecule has 0 aromatic carbocycles. The predicted molar refractivity (Wildman–Crippen MR) is 78.8 cm³/mol. The molecule has 0 aliphatic heterocycles. The fourth-order valence-corrected chi connectivity index (χ4v) is 2.77. The average Bonchev–Trinajstić information content (AvgIpc) is 2.48. The third-order valence-corrected chi connectivity index (χ3v) is 3.87. The number of Topliss-reactive ketones (excluding diaryl/α,β-unsaturated/α-hetero) is 2. The highest BCUT2D eigenvalue weighted by Crippen LogP contribution is 2.36. The van der Waals surface area contributed by atoms with Crippen LogP contribution in [-0.4, -0.2) is 74.0 Å². The van der Waals surface area contributed by atoms with Crippen molar-refractivity contribution >= 4 is 44.1 Å². The molecule has 10 nitrogen and oxygen atoms in total. The van der Waals surface area contributed by atoms with E-state index in [-0.39, 0.29) is 0 Å². The lowest BCUT2D eigenvalue weighted by molar-refractivity contribution is -0.223. The summed E-state index contributed by atoms with van der Waals surface area (Å²) in [5.41, 5.74) is -6.71. The lowest BCUT2D eigenvalue weighted by atomic mass is 9.72. The van der Waals surface area contributed by atoms with Gasteiger partial charge in [0.25, 0.3) is 10.3 Å². The normalized spacial score (nSPS) is 18.3. The van der Waals surface area contributed by atoms with Crippen molar-refractivity contribution in [2.75, 3.05) is 7.11 Å². The van der Waals surface area contributed by atoms with Crippen molar-refractivity contribution in [3.05, 3.63) is 0 Å². The highest BCUT2D eigenvalue weighted by Gasteiger charge is 2.69. The van der Waals surface area contributed by atoms with Gasteiger partial charge in [-0.2, -0.15) is 0 Å². The predicted octanol–water partition coefficient (Wildman–Crippen LogP) is -1.99. The molecule has 0 aromatic heterocycles. The minimum absolute atomic E-state index is 0.657. The first-order valence-corrected chi connectivity index (χ1v) is 7.17. The van der Waals surface area contributed by atoms with Crippen LogP contribution < -0.4 is 0 Å². The molecule has 4 atom stereocenters. The summed E-state index contributed by atoms with van der Waals surface area (Å²) < 4.78 is 7.28. The van der Waals surface area contributed by atoms with Crippen LogP contribution in [0.25, 0.3) is 0 Å². The van der Waals surface area contributed by atoms with Crippen molar-refractivity contribution in [2.45, 2.75) is 44.2 Å². The number of ether oxygens (including phenoxy) is 2. The van der Waals surface area contributed by atoms with Gasteiger partial charge in [-0.3, -0.25) is 19.2 Å². The Balaban J connectivity index is 6.64. The maximum absolute atomic E-state index is 12.0. The molecular weight excluding hydrogens is 396 g/mol. The molecule has 0 bridgehead atoms. The van der Waals surface area contributed by atoms with Gasteiger partial charge in [0.2, 0.25) is 5.60 Å². The van der Waals surface area contributed by atoms with E-state index in [2.05, 4.69) is 25.4 Å². The fraction of sp³-hybridized carbons (Fsp3) is 0.615. The second kappa shape index (κ2) is 7.92. The van der Waals surface area contributed by atoms with Gasteiger partial charge in [0.05, 0.1) is 7.11 Å². The molecule has 0 aromatic rings. The smallest absolute Gasteiger partial charge is 0.337 e. The molecule has 136 valence electrons. The zero-order chi connectivity index (χ0) is 19.5. The molecular formula is C13H17BrO10. The van der Waals surface area contributed by atoms with E-state index >= 15 is 0 Å². The number of hydrogen-bond donors (Lipinski definition) is 3. The molecule has 0 rings (SSSR count). The first-order valence-electron chi connectivity index (χ1n) is 6.38. The summed E-state index contributed by atoms with van der Waals surface area (Å²) in [4.78, 5) is 58.6. The van der Waals surface area contributed by atoms with Gasteiger partial charge in [0.1, 0.15) is 6.10 Å². The summed E-state index contributed by atoms with van der Waals surface area (Å²) in [6, 6.07) is 0. The van der Waals surface area contributed by atoms with Crippen LogP contribution >= 0.6 is 15.9 Å². The molecule has 0 unspecified atom stereocenters. The molecule has 0 aliphatic carbocycles. The van der Waals surface area contributed by atoms with Crippen molar-refractivity contribution in [1.29, 1.82) is 0 Å². The molecule has 0 saturated heterocycles. The minimum Gasteiger partial charge on any atom is -0.467 e. The van der Waals surface area contributed by atoms with Crippen LogP contribution in [0.5, 0.6) is 0 Å². The van der Waals surface area contributed by atoms with E-state index in [1.54, 1.807) is 0 Å². The maximum Gasteiger partial charge on any atom is 0.337 e. The van der Waals surface area contributed by atoms with E-state index in [0.29, 0.717) is 13.8 Å². The standard InChI is InChI=1S/C13H17BrO10/c1-5(15)12(22,9(19)8(18)10(20)23-4)13(6(2)16,11(14)21)24-7(3)17/h8-9,18-19,22H,1-4H3/t8-,9+,12-,13-/m0/s1. The Kier molecular flexibility index (Phi) is 7.36. The van der Waals surface area contributed by atoms with Crippen molar-refractivity contribution in [1.82, 2.24) is 0 Å². The van der Waals surface area contributed by atoms with Crippen molar-refractivity contribution in [3.8, 4) is 0 Å². The molecule has 0 saturated carbocycles. The Labute approximate surface area is 144 Å². The lowest BCUT2D eigenvalue weighted by Crippen LogP contribution is -2.74. The van der Waals surface area contributed by atoms with Gasteiger partial charge >= 0.3 is 11.9 Å². The number of rotatable bonds is 8. The van der Waals surface area contributed by atoms with E-state index in [1.807, 2.05) is 0 Å². The quantitative estimate of drug-likeness (QED) is 0.231. The largest absolute Gasteiger partial charge is 0.467 e. The summed E-state index contributed by atoms with van der Waals surface area (Å²) >= 11 is 2.34. The monoisotopic (exact) mass is 412 g/mol. The first kappa shape index (κ1) is 22.3. The van der Waals surface area contributed by atoms with Crippen LogP contribution in [0.3, 0.4) is 0 Å². The van der Waals surface area contributed by atoms with E-state index in [9.17, 15) is 39.3 Å². The van der Waals surface area contributed by atoms with Crippen molar-refractivity contribution in [3.63, 3.8) is 0 Å². The van der Waals surface area contributed by atoms with Crippen LogP contribution in [0.1, 0.15) is 20.8 Å². The summed E-state index contributed by atoms with van der Waals surface area (Å²) in [7, 11) is 0.838. The van der Waals surface area contributed by atoms with Gasteiger partial charge in [-0.25, -0.2) is 4.79 Å². The van der Waals surface area contributed by atoms with Crippen LogP contribution in [0, 0.1) is 0 Å². The van der Waals surface area contributed by atoms with Crippen LogP contribution in [0.15, 0.2) is 0 Å². The van der Waals surface area contributed by atoms with Gasteiger partial charge in [-0.1, -0.05) is 0 Å². The highest BCUT2D eigenvalue weighted by atomic mass is 79.9. The summed E-state index contributed by atoms with van der Waals surface area (Å²) in [6.07, 6.45) is -5.25. The topological polar surface area (TPSA) is 164 Å². The Bertz CT molecular complexity index is 557. The highest BCUT2D eigenvalue weighted by molar-refractivity contribution is 9.18. The van der Waals surface area contributed by atoms with Crippen LogP contribution in [-0.2, 0) is 33.4 Å². The number of methoxy groups -OCH3 is 1. The molecule has 11 heteroatoms. The lowest BCUT2D eigenvalue weighted by Gasteiger charge is -2.43. The molecule has 0 aliphatic rings. The summed E-state index contributed by atoms with van der Waals surface area (Å²) in [5, 5.41) is 30.5. The van der Waals surface area contributed by atoms with Crippen molar-refractivity contribution in [2.24, 2.45) is 0 Å². The Morgan fingerprint density at radius 2 is 1.46 bits per heavy atom. The number of esters is 2. The number of carbonyl (C=O) groups excluding carboxylic acids is 5. The Morgan fingerprint density at radius 3 is 1.71 bits per heavy atom.